The van der Waals surface area contributed by atoms with Crippen molar-refractivity contribution < 1.29 is 22.6 Å². The molecule has 0 bridgehead atoms. The van der Waals surface area contributed by atoms with Crippen LogP contribution >= 0.6 is 0 Å². The van der Waals surface area contributed by atoms with Gasteiger partial charge in [0.05, 0.1) is 6.42 Å². The van der Waals surface area contributed by atoms with Gasteiger partial charge in [-0.1, -0.05) is 30.3 Å². The van der Waals surface area contributed by atoms with E-state index in [1.54, 1.807) is 30.3 Å². The molecule has 3 N–H and O–H groups in total. The number of rotatable bonds is 4. The summed E-state index contributed by atoms with van der Waals surface area (Å²) in [5.41, 5.74) is 0.739. The topological polar surface area (TPSA) is 113 Å². The first kappa shape index (κ1) is 13.5. The highest BCUT2D eigenvalue weighted by Gasteiger charge is 2.48. The van der Waals surface area contributed by atoms with Crippen molar-refractivity contribution in [2.75, 3.05) is 0 Å². The zero-order valence-electron chi connectivity index (χ0n) is 9.74. The van der Waals surface area contributed by atoms with E-state index in [-0.39, 0.29) is 6.42 Å². The van der Waals surface area contributed by atoms with Crippen LogP contribution in [0.1, 0.15) is 5.56 Å². The van der Waals surface area contributed by atoms with Crippen molar-refractivity contribution in [3.8, 4) is 0 Å². The van der Waals surface area contributed by atoms with E-state index in [1.165, 1.54) is 0 Å². The van der Waals surface area contributed by atoms with Crippen molar-refractivity contribution in [3.05, 3.63) is 35.9 Å². The van der Waals surface area contributed by atoms with Crippen molar-refractivity contribution in [1.82, 2.24) is 10.6 Å². The maximum Gasteiger partial charge on any atom is 0.288 e. The summed E-state index contributed by atoms with van der Waals surface area (Å²) in [6.07, 6.45) is 0.0306. The fraction of sp³-hybridized carbons (Fsp3) is 0.273. The second-order valence-corrected chi connectivity index (χ2v) is 5.69. The van der Waals surface area contributed by atoms with Gasteiger partial charge in [0.25, 0.3) is 10.1 Å². The first-order chi connectivity index (χ1) is 8.88. The lowest BCUT2D eigenvalue weighted by Gasteiger charge is -2.34. The average Bonchev–Trinajstić information content (AvgIpc) is 2.33. The summed E-state index contributed by atoms with van der Waals surface area (Å²) in [6.45, 7) is 0. The molecule has 0 saturated carbocycles. The van der Waals surface area contributed by atoms with Gasteiger partial charge < -0.3 is 10.6 Å². The van der Waals surface area contributed by atoms with E-state index in [2.05, 4.69) is 5.32 Å². The molecule has 1 aliphatic heterocycles. The van der Waals surface area contributed by atoms with Gasteiger partial charge in [-0.2, -0.15) is 8.42 Å². The molecule has 0 aliphatic carbocycles. The zero-order chi connectivity index (χ0) is 14.0. The number of carbonyl (C=O) groups excluding carboxylic acids is 2. The lowest BCUT2D eigenvalue weighted by molar-refractivity contribution is -0.134. The van der Waals surface area contributed by atoms with Crippen LogP contribution in [0.3, 0.4) is 0 Å². The van der Waals surface area contributed by atoms with Crippen LogP contribution in [0.5, 0.6) is 0 Å². The SMILES string of the molecule is O=C(Cc1ccccc1)N[C@@H]1C(=O)N[C@@H]1S(=O)(=O)O. The Balaban J connectivity index is 1.97. The third-order valence-corrected chi connectivity index (χ3v) is 3.75. The summed E-state index contributed by atoms with van der Waals surface area (Å²) in [7, 11) is -4.41. The molecule has 2 rings (SSSR count). The number of hydrogen-bond acceptors (Lipinski definition) is 4. The zero-order valence-corrected chi connectivity index (χ0v) is 10.6. The van der Waals surface area contributed by atoms with E-state index in [9.17, 15) is 18.0 Å². The molecule has 0 radical (unpaired) electrons. The maximum atomic E-state index is 11.7. The van der Waals surface area contributed by atoms with Gasteiger partial charge in [-0.05, 0) is 5.56 Å². The van der Waals surface area contributed by atoms with Crippen LogP contribution < -0.4 is 10.6 Å². The third-order valence-electron chi connectivity index (χ3n) is 2.71. The van der Waals surface area contributed by atoms with Crippen LogP contribution in [0.2, 0.25) is 0 Å². The van der Waals surface area contributed by atoms with Gasteiger partial charge in [0.1, 0.15) is 6.04 Å². The molecular weight excluding hydrogens is 272 g/mol. The van der Waals surface area contributed by atoms with E-state index in [0.717, 1.165) is 5.56 Å². The molecule has 8 heteroatoms. The average molecular weight is 284 g/mol. The second kappa shape index (κ2) is 4.98. The summed E-state index contributed by atoms with van der Waals surface area (Å²) in [6, 6.07) is 7.56. The summed E-state index contributed by atoms with van der Waals surface area (Å²) < 4.78 is 30.6. The molecule has 1 saturated heterocycles. The van der Waals surface area contributed by atoms with E-state index in [4.69, 9.17) is 4.55 Å². The highest BCUT2D eigenvalue weighted by molar-refractivity contribution is 7.86. The Hall–Kier alpha value is -1.93. The van der Waals surface area contributed by atoms with Gasteiger partial charge in [0.15, 0.2) is 5.37 Å². The summed E-state index contributed by atoms with van der Waals surface area (Å²) in [5.74, 6) is -1.12. The molecule has 7 nitrogen and oxygen atoms in total. The normalized spacial score (nSPS) is 22.3. The molecule has 1 aromatic carbocycles. The Bertz CT molecular complexity index is 599. The molecule has 2 amide bonds. The Morgan fingerprint density at radius 3 is 2.47 bits per heavy atom. The lowest BCUT2D eigenvalue weighted by atomic mass is 10.1. The van der Waals surface area contributed by atoms with Crippen molar-refractivity contribution in [2.24, 2.45) is 0 Å². The van der Waals surface area contributed by atoms with Crippen LogP contribution in [0, 0.1) is 0 Å². The smallest absolute Gasteiger partial charge is 0.288 e. The highest BCUT2D eigenvalue weighted by atomic mass is 32.2. The molecule has 19 heavy (non-hydrogen) atoms. The third kappa shape index (κ3) is 3.09. The first-order valence-corrected chi connectivity index (χ1v) is 6.98. The predicted octanol–water partition coefficient (Wildman–Crippen LogP) is -0.942. The quantitative estimate of drug-likeness (QED) is 0.488. The Morgan fingerprint density at radius 2 is 1.95 bits per heavy atom. The van der Waals surface area contributed by atoms with Gasteiger partial charge in [0.2, 0.25) is 11.8 Å². The Labute approximate surface area is 109 Å². The molecule has 1 aliphatic rings. The van der Waals surface area contributed by atoms with Crippen molar-refractivity contribution in [3.63, 3.8) is 0 Å². The highest BCUT2D eigenvalue weighted by Crippen LogP contribution is 2.12. The molecule has 2 atom stereocenters. The predicted molar refractivity (Wildman–Crippen MR) is 65.6 cm³/mol. The van der Waals surface area contributed by atoms with E-state index < -0.39 is 33.3 Å². The molecule has 0 unspecified atom stereocenters. The summed E-state index contributed by atoms with van der Waals surface area (Å²) in [5, 5.41) is 2.82. The number of nitrogens with one attached hydrogen (secondary N) is 2. The minimum Gasteiger partial charge on any atom is -0.341 e. The van der Waals surface area contributed by atoms with E-state index in [0.29, 0.717) is 0 Å². The fourth-order valence-electron chi connectivity index (χ4n) is 1.75. The minimum absolute atomic E-state index is 0.0306. The van der Waals surface area contributed by atoms with Crippen molar-refractivity contribution >= 4 is 21.9 Å². The standard InChI is InChI=1S/C11H12N2O5S/c14-8(6-7-4-2-1-3-5-7)12-9-10(15)13-11(9)19(16,17)18/h1-5,9,11H,6H2,(H,12,14)(H,13,15)(H,16,17,18)/t9-,11-/m1/s1. The van der Waals surface area contributed by atoms with Gasteiger partial charge >= 0.3 is 0 Å². The van der Waals surface area contributed by atoms with Gasteiger partial charge in [-0.25, -0.2) is 0 Å². The second-order valence-electron chi connectivity index (χ2n) is 4.15. The Morgan fingerprint density at radius 1 is 1.32 bits per heavy atom. The first-order valence-electron chi connectivity index (χ1n) is 5.48. The van der Waals surface area contributed by atoms with Crippen molar-refractivity contribution in [2.45, 2.75) is 17.8 Å². The molecule has 1 heterocycles. The molecule has 1 aromatic rings. The van der Waals surface area contributed by atoms with Crippen LogP contribution in [0.25, 0.3) is 0 Å². The Kier molecular flexibility index (Phi) is 3.54. The monoisotopic (exact) mass is 284 g/mol. The van der Waals surface area contributed by atoms with E-state index >= 15 is 0 Å². The molecular formula is C11H12N2O5S. The fourth-order valence-corrected chi connectivity index (χ4v) is 2.55. The van der Waals surface area contributed by atoms with E-state index in [1.807, 2.05) is 5.32 Å². The number of β-lactam (4-membered cyclic amide) rings is 1. The van der Waals surface area contributed by atoms with Crippen molar-refractivity contribution in [1.29, 1.82) is 0 Å². The largest absolute Gasteiger partial charge is 0.341 e. The van der Waals surface area contributed by atoms with Crippen LogP contribution in [-0.4, -0.2) is 36.2 Å². The summed E-state index contributed by atoms with van der Waals surface area (Å²) >= 11 is 0. The lowest BCUT2D eigenvalue weighted by Crippen LogP contribution is -2.71. The molecule has 0 aromatic heterocycles. The number of hydrogen-bond donors (Lipinski definition) is 3. The molecule has 1 fully saturated rings. The van der Waals surface area contributed by atoms with Crippen LogP contribution in [0.4, 0.5) is 0 Å². The van der Waals surface area contributed by atoms with Gasteiger partial charge in [-0.15, -0.1) is 0 Å². The number of amides is 2. The summed E-state index contributed by atoms with van der Waals surface area (Å²) in [4.78, 5) is 22.8. The number of benzene rings is 1. The van der Waals surface area contributed by atoms with Gasteiger partial charge in [0, 0.05) is 0 Å². The number of carbonyl (C=O) groups is 2. The molecule has 102 valence electrons. The van der Waals surface area contributed by atoms with Gasteiger partial charge in [-0.3, -0.25) is 14.1 Å². The van der Waals surface area contributed by atoms with Crippen LogP contribution in [-0.2, 0) is 26.1 Å². The minimum atomic E-state index is -4.41. The maximum absolute atomic E-state index is 11.7. The van der Waals surface area contributed by atoms with Crippen LogP contribution in [0.15, 0.2) is 30.3 Å². The molecule has 0 spiro atoms.